The number of halogens is 3. The van der Waals surface area contributed by atoms with E-state index >= 15 is 0 Å². The number of carbonyl (C=O) groups excluding carboxylic acids is 1. The Morgan fingerprint density at radius 3 is 2.78 bits per heavy atom. The molecule has 1 aliphatic rings. The summed E-state index contributed by atoms with van der Waals surface area (Å²) in [6, 6.07) is 1.86. The number of aromatic nitrogens is 1. The lowest BCUT2D eigenvalue weighted by molar-refractivity contribution is -0.185. The second-order valence-corrected chi connectivity index (χ2v) is 5.51. The molecule has 1 aliphatic heterocycles. The highest BCUT2D eigenvalue weighted by Crippen LogP contribution is 2.32. The van der Waals surface area contributed by atoms with Gasteiger partial charge < -0.3 is 15.0 Å². The largest absolute Gasteiger partial charge is 0.480 e. The van der Waals surface area contributed by atoms with Crippen LogP contribution in [0.2, 0.25) is 0 Å². The van der Waals surface area contributed by atoms with Gasteiger partial charge in [-0.25, -0.2) is 4.98 Å². The fourth-order valence-electron chi connectivity index (χ4n) is 2.77. The van der Waals surface area contributed by atoms with Crippen LogP contribution in [0.15, 0.2) is 6.07 Å². The van der Waals surface area contributed by atoms with E-state index in [0.717, 1.165) is 10.5 Å². The zero-order chi connectivity index (χ0) is 17.2. The minimum Gasteiger partial charge on any atom is -0.480 e. The Morgan fingerprint density at radius 1 is 1.52 bits per heavy atom. The van der Waals surface area contributed by atoms with Crippen molar-refractivity contribution < 1.29 is 22.7 Å². The van der Waals surface area contributed by atoms with Crippen LogP contribution >= 0.6 is 0 Å². The number of hydrogen-bond donors (Lipinski definition) is 1. The van der Waals surface area contributed by atoms with Gasteiger partial charge in [0.05, 0.1) is 12.8 Å². The topological polar surface area (TPSA) is 54.5 Å². The molecule has 0 radical (unpaired) electrons. The van der Waals surface area contributed by atoms with Gasteiger partial charge in [0.25, 0.3) is 0 Å². The monoisotopic (exact) mass is 331 g/mol. The lowest BCUT2D eigenvalue weighted by Crippen LogP contribution is -2.42. The van der Waals surface area contributed by atoms with Crippen molar-refractivity contribution in [1.82, 2.24) is 9.88 Å². The fraction of sp³-hybridized carbons (Fsp3) is 0.600. The first-order valence-corrected chi connectivity index (χ1v) is 7.45. The van der Waals surface area contributed by atoms with Gasteiger partial charge in [-0.2, -0.15) is 13.2 Å². The van der Waals surface area contributed by atoms with E-state index in [9.17, 15) is 18.0 Å². The molecule has 1 atom stereocenters. The number of ether oxygens (including phenoxy) is 1. The highest BCUT2D eigenvalue weighted by atomic mass is 19.4. The summed E-state index contributed by atoms with van der Waals surface area (Å²) in [6.45, 7) is 4.41. The Labute approximate surface area is 132 Å². The molecule has 0 aliphatic carbocycles. The van der Waals surface area contributed by atoms with Gasteiger partial charge in [-0.05, 0) is 18.6 Å². The fourth-order valence-corrected chi connectivity index (χ4v) is 2.77. The summed E-state index contributed by atoms with van der Waals surface area (Å²) in [5.41, 5.74) is 2.23. The second-order valence-electron chi connectivity index (χ2n) is 5.51. The van der Waals surface area contributed by atoms with Gasteiger partial charge in [-0.15, -0.1) is 0 Å². The summed E-state index contributed by atoms with van der Waals surface area (Å²) in [5.74, 6) is -1.63. The zero-order valence-corrected chi connectivity index (χ0v) is 13.3. The molecular formula is C15H20F3N3O2. The second kappa shape index (κ2) is 6.64. The molecule has 2 heterocycles. The SMILES string of the molecule is CCNc1cc2c(nc1OC)CCN(C(=O)C(F)(F)F)CC2C. The maximum Gasteiger partial charge on any atom is 0.471 e. The Kier molecular flexibility index (Phi) is 5.01. The lowest BCUT2D eigenvalue weighted by atomic mass is 9.98. The number of nitrogens with zero attached hydrogens (tertiary/aromatic N) is 2. The van der Waals surface area contributed by atoms with Crippen molar-refractivity contribution in [2.24, 2.45) is 0 Å². The van der Waals surface area contributed by atoms with Crippen molar-refractivity contribution >= 4 is 11.6 Å². The normalized spacial score (nSPS) is 18.2. The van der Waals surface area contributed by atoms with E-state index < -0.39 is 12.1 Å². The van der Waals surface area contributed by atoms with Crippen molar-refractivity contribution in [3.05, 3.63) is 17.3 Å². The molecule has 0 bridgehead atoms. The molecule has 0 fully saturated rings. The summed E-state index contributed by atoms with van der Waals surface area (Å²) in [7, 11) is 1.50. The molecule has 23 heavy (non-hydrogen) atoms. The van der Waals surface area contributed by atoms with Crippen LogP contribution in [0.5, 0.6) is 5.88 Å². The van der Waals surface area contributed by atoms with E-state index in [0.29, 0.717) is 23.8 Å². The van der Waals surface area contributed by atoms with E-state index in [-0.39, 0.29) is 25.4 Å². The molecule has 0 saturated carbocycles. The minimum absolute atomic E-state index is 0.00755. The predicted molar refractivity (Wildman–Crippen MR) is 79.7 cm³/mol. The molecule has 1 aromatic rings. The minimum atomic E-state index is -4.85. The smallest absolute Gasteiger partial charge is 0.471 e. The number of amides is 1. The number of anilines is 1. The average Bonchev–Trinajstić information content (AvgIpc) is 2.64. The van der Waals surface area contributed by atoms with E-state index in [2.05, 4.69) is 10.3 Å². The number of methoxy groups -OCH3 is 1. The van der Waals surface area contributed by atoms with Crippen molar-refractivity contribution in [2.45, 2.75) is 32.4 Å². The van der Waals surface area contributed by atoms with Crippen molar-refractivity contribution in [3.63, 3.8) is 0 Å². The zero-order valence-electron chi connectivity index (χ0n) is 13.3. The molecule has 1 unspecified atom stereocenters. The van der Waals surface area contributed by atoms with Gasteiger partial charge in [0, 0.05) is 37.7 Å². The highest BCUT2D eigenvalue weighted by molar-refractivity contribution is 5.82. The Balaban J connectivity index is 2.33. The first kappa shape index (κ1) is 17.4. The quantitative estimate of drug-likeness (QED) is 0.925. The molecule has 0 saturated heterocycles. The summed E-state index contributed by atoms with van der Waals surface area (Å²) >= 11 is 0. The van der Waals surface area contributed by atoms with Gasteiger partial charge in [0.15, 0.2) is 0 Å². The van der Waals surface area contributed by atoms with Crippen LogP contribution in [0, 0.1) is 0 Å². The molecule has 5 nitrogen and oxygen atoms in total. The number of fused-ring (bicyclic) bond motifs is 1. The first-order valence-electron chi connectivity index (χ1n) is 7.45. The first-order chi connectivity index (χ1) is 10.8. The van der Waals surface area contributed by atoms with Crippen LogP contribution in [0.3, 0.4) is 0 Å². The maximum absolute atomic E-state index is 12.7. The summed E-state index contributed by atoms with van der Waals surface area (Å²) < 4.78 is 43.2. The highest BCUT2D eigenvalue weighted by Gasteiger charge is 2.43. The van der Waals surface area contributed by atoms with Crippen molar-refractivity contribution in [3.8, 4) is 5.88 Å². The Hall–Kier alpha value is -1.99. The molecule has 0 aromatic carbocycles. The number of rotatable bonds is 3. The summed E-state index contributed by atoms with van der Waals surface area (Å²) in [5, 5.41) is 3.13. The van der Waals surface area contributed by atoms with Crippen LogP contribution in [-0.4, -0.2) is 48.7 Å². The molecule has 128 valence electrons. The van der Waals surface area contributed by atoms with Crippen LogP contribution in [0.4, 0.5) is 18.9 Å². The van der Waals surface area contributed by atoms with Crippen LogP contribution in [0.25, 0.3) is 0 Å². The molecule has 1 aromatic heterocycles. The molecule has 1 N–H and O–H groups in total. The summed E-state index contributed by atoms with van der Waals surface area (Å²) in [4.78, 5) is 16.8. The van der Waals surface area contributed by atoms with Crippen LogP contribution < -0.4 is 10.1 Å². The Bertz CT molecular complexity index is 590. The maximum atomic E-state index is 12.7. The molecule has 0 spiro atoms. The Morgan fingerprint density at radius 2 is 2.22 bits per heavy atom. The number of carbonyl (C=O) groups is 1. The van der Waals surface area contributed by atoms with Crippen LogP contribution in [-0.2, 0) is 11.2 Å². The standard InChI is InChI=1S/C15H20F3N3O2/c1-4-19-12-7-10-9(2)8-21(14(22)15(16,17)18)6-5-11(10)20-13(12)23-3/h7,9,19H,4-6,8H2,1-3H3. The third-order valence-electron chi connectivity index (χ3n) is 3.83. The van der Waals surface area contributed by atoms with Crippen LogP contribution in [0.1, 0.15) is 31.0 Å². The number of hydrogen-bond acceptors (Lipinski definition) is 4. The molecule has 8 heteroatoms. The van der Waals surface area contributed by atoms with E-state index in [1.54, 1.807) is 6.92 Å². The number of alkyl halides is 3. The van der Waals surface area contributed by atoms with Gasteiger partial charge in [-0.1, -0.05) is 6.92 Å². The van der Waals surface area contributed by atoms with Crippen molar-refractivity contribution in [2.75, 3.05) is 32.1 Å². The lowest BCUT2D eigenvalue weighted by Gasteiger charge is -2.24. The van der Waals surface area contributed by atoms with Gasteiger partial charge >= 0.3 is 12.1 Å². The average molecular weight is 331 g/mol. The molecular weight excluding hydrogens is 311 g/mol. The summed E-state index contributed by atoms with van der Waals surface area (Å²) in [6.07, 6.45) is -4.58. The number of pyridine rings is 1. The van der Waals surface area contributed by atoms with E-state index in [4.69, 9.17) is 4.74 Å². The molecule has 1 amide bonds. The third kappa shape index (κ3) is 3.68. The van der Waals surface area contributed by atoms with Gasteiger partial charge in [0.1, 0.15) is 0 Å². The third-order valence-corrected chi connectivity index (χ3v) is 3.83. The van der Waals surface area contributed by atoms with Crippen molar-refractivity contribution in [1.29, 1.82) is 0 Å². The van der Waals surface area contributed by atoms with Gasteiger partial charge in [0.2, 0.25) is 5.88 Å². The van der Waals surface area contributed by atoms with Gasteiger partial charge in [-0.3, -0.25) is 4.79 Å². The number of nitrogens with one attached hydrogen (secondary N) is 1. The van der Waals surface area contributed by atoms with E-state index in [1.165, 1.54) is 7.11 Å². The molecule has 2 rings (SSSR count). The van der Waals surface area contributed by atoms with E-state index in [1.807, 2.05) is 13.0 Å². The predicted octanol–water partition coefficient (Wildman–Crippen LogP) is 2.57.